The smallest absolute Gasteiger partial charge is 0.287 e. The van der Waals surface area contributed by atoms with Gasteiger partial charge in [-0.1, -0.05) is 13.8 Å². The molecule has 0 radical (unpaired) electrons. The van der Waals surface area contributed by atoms with Gasteiger partial charge < -0.3 is 9.73 Å². The predicted octanol–water partition coefficient (Wildman–Crippen LogP) is 2.83. The van der Waals surface area contributed by atoms with Crippen molar-refractivity contribution >= 4 is 5.91 Å². The molecule has 1 N–H and O–H groups in total. The molecule has 0 aliphatic heterocycles. The summed E-state index contributed by atoms with van der Waals surface area (Å²) in [5, 5.41) is 3.04. The minimum absolute atomic E-state index is 0.0863. The summed E-state index contributed by atoms with van der Waals surface area (Å²) < 4.78 is 5.07. The van der Waals surface area contributed by atoms with Gasteiger partial charge in [0.05, 0.1) is 6.26 Å². The molecular formula is C13H19NO2. The third-order valence-electron chi connectivity index (χ3n) is 3.68. The van der Waals surface area contributed by atoms with Gasteiger partial charge in [-0.25, -0.2) is 0 Å². The summed E-state index contributed by atoms with van der Waals surface area (Å²) in [5.74, 6) is 1.79. The molecule has 1 aliphatic carbocycles. The average molecular weight is 221 g/mol. The van der Waals surface area contributed by atoms with Gasteiger partial charge in [0.1, 0.15) is 0 Å². The largest absolute Gasteiger partial charge is 0.459 e. The molecule has 0 aromatic carbocycles. The van der Waals surface area contributed by atoms with Crippen LogP contribution in [-0.2, 0) is 0 Å². The third-order valence-corrected chi connectivity index (χ3v) is 3.68. The quantitative estimate of drug-likeness (QED) is 0.834. The van der Waals surface area contributed by atoms with Gasteiger partial charge in [0.2, 0.25) is 0 Å². The van der Waals surface area contributed by atoms with E-state index in [9.17, 15) is 4.79 Å². The Morgan fingerprint density at radius 2 is 2.19 bits per heavy atom. The second-order valence-corrected chi connectivity index (χ2v) is 4.92. The summed E-state index contributed by atoms with van der Waals surface area (Å²) in [6, 6.07) is 3.74. The Morgan fingerprint density at radius 3 is 2.81 bits per heavy atom. The molecule has 1 amide bonds. The van der Waals surface area contributed by atoms with Crippen molar-refractivity contribution in [3.8, 4) is 0 Å². The fourth-order valence-electron chi connectivity index (χ4n) is 2.34. The maximum atomic E-state index is 11.8. The molecule has 0 saturated heterocycles. The molecule has 16 heavy (non-hydrogen) atoms. The van der Waals surface area contributed by atoms with Gasteiger partial charge in [-0.2, -0.15) is 0 Å². The van der Waals surface area contributed by atoms with Gasteiger partial charge in [-0.3, -0.25) is 4.79 Å². The van der Waals surface area contributed by atoms with Gasteiger partial charge in [0.15, 0.2) is 5.76 Å². The first-order chi connectivity index (χ1) is 7.66. The second-order valence-electron chi connectivity index (χ2n) is 4.92. The van der Waals surface area contributed by atoms with Crippen LogP contribution in [0.25, 0.3) is 0 Å². The molecule has 3 unspecified atom stereocenters. The molecule has 1 heterocycles. The number of hydrogen-bond donors (Lipinski definition) is 1. The number of hydrogen-bond acceptors (Lipinski definition) is 2. The lowest BCUT2D eigenvalue weighted by Gasteiger charge is -2.32. The van der Waals surface area contributed by atoms with E-state index in [0.29, 0.717) is 17.7 Å². The molecule has 1 aliphatic rings. The summed E-state index contributed by atoms with van der Waals surface area (Å²) in [7, 11) is 0. The number of amides is 1. The lowest BCUT2D eigenvalue weighted by atomic mass is 9.79. The summed E-state index contributed by atoms with van der Waals surface area (Å²) in [5.41, 5.74) is 0. The van der Waals surface area contributed by atoms with Crippen LogP contribution in [0, 0.1) is 11.8 Å². The van der Waals surface area contributed by atoms with Gasteiger partial charge in [-0.15, -0.1) is 0 Å². The molecule has 3 heteroatoms. The van der Waals surface area contributed by atoms with E-state index in [1.54, 1.807) is 12.1 Å². The van der Waals surface area contributed by atoms with E-state index in [1.807, 2.05) is 0 Å². The molecule has 1 aromatic heterocycles. The number of rotatable bonds is 2. The summed E-state index contributed by atoms with van der Waals surface area (Å²) in [6.07, 6.45) is 4.89. The Kier molecular flexibility index (Phi) is 3.32. The molecule has 1 fully saturated rings. The van der Waals surface area contributed by atoms with Crippen molar-refractivity contribution in [2.45, 2.75) is 39.2 Å². The predicted molar refractivity (Wildman–Crippen MR) is 62.1 cm³/mol. The molecule has 0 spiro atoms. The van der Waals surface area contributed by atoms with E-state index in [4.69, 9.17) is 4.42 Å². The Hall–Kier alpha value is -1.25. The highest BCUT2D eigenvalue weighted by Gasteiger charge is 2.26. The highest BCUT2D eigenvalue weighted by atomic mass is 16.3. The third kappa shape index (κ3) is 2.46. The van der Waals surface area contributed by atoms with Crippen molar-refractivity contribution in [2.75, 3.05) is 0 Å². The van der Waals surface area contributed by atoms with Crippen molar-refractivity contribution in [2.24, 2.45) is 11.8 Å². The molecule has 1 saturated carbocycles. The average Bonchev–Trinajstić information content (AvgIpc) is 2.77. The van der Waals surface area contributed by atoms with Crippen molar-refractivity contribution in [3.63, 3.8) is 0 Å². The molecule has 0 bridgehead atoms. The molecule has 1 aromatic rings. The summed E-state index contributed by atoms with van der Waals surface area (Å²) in [6.45, 7) is 4.55. The Bertz CT molecular complexity index is 345. The van der Waals surface area contributed by atoms with E-state index in [-0.39, 0.29) is 5.91 Å². The number of carbonyl (C=O) groups is 1. The Balaban J connectivity index is 1.89. The number of carbonyl (C=O) groups excluding carboxylic acids is 1. The van der Waals surface area contributed by atoms with Crippen molar-refractivity contribution in [1.82, 2.24) is 5.32 Å². The van der Waals surface area contributed by atoms with Crippen LogP contribution < -0.4 is 5.32 Å². The molecular weight excluding hydrogens is 202 g/mol. The second kappa shape index (κ2) is 4.73. The number of furan rings is 1. The normalized spacial score (nSPS) is 30.0. The first-order valence-electron chi connectivity index (χ1n) is 6.01. The fourth-order valence-corrected chi connectivity index (χ4v) is 2.34. The van der Waals surface area contributed by atoms with Crippen LogP contribution in [0.2, 0.25) is 0 Å². The van der Waals surface area contributed by atoms with E-state index in [2.05, 4.69) is 19.2 Å². The zero-order valence-corrected chi connectivity index (χ0v) is 9.90. The van der Waals surface area contributed by atoms with Crippen molar-refractivity contribution in [3.05, 3.63) is 24.2 Å². The highest BCUT2D eigenvalue weighted by molar-refractivity contribution is 5.91. The lowest BCUT2D eigenvalue weighted by Crippen LogP contribution is -2.39. The van der Waals surface area contributed by atoms with Crippen molar-refractivity contribution in [1.29, 1.82) is 0 Å². The van der Waals surface area contributed by atoms with E-state index < -0.39 is 0 Å². The maximum absolute atomic E-state index is 11.8. The summed E-state index contributed by atoms with van der Waals surface area (Å²) >= 11 is 0. The standard InChI is InChI=1S/C13H19NO2/c1-9-5-6-11(8-10(9)2)14-13(15)12-4-3-7-16-12/h3-4,7,9-11H,5-6,8H2,1-2H3,(H,14,15). The van der Waals surface area contributed by atoms with Gasteiger partial charge in [0, 0.05) is 6.04 Å². The fraction of sp³-hybridized carbons (Fsp3) is 0.615. The first kappa shape index (κ1) is 11.2. The van der Waals surface area contributed by atoms with Crippen LogP contribution in [0.3, 0.4) is 0 Å². The van der Waals surface area contributed by atoms with E-state index in [0.717, 1.165) is 18.8 Å². The minimum Gasteiger partial charge on any atom is -0.459 e. The van der Waals surface area contributed by atoms with Crippen LogP contribution in [0.4, 0.5) is 0 Å². The van der Waals surface area contributed by atoms with E-state index >= 15 is 0 Å². The maximum Gasteiger partial charge on any atom is 0.287 e. The van der Waals surface area contributed by atoms with Crippen LogP contribution in [0.5, 0.6) is 0 Å². The molecule has 2 rings (SSSR count). The van der Waals surface area contributed by atoms with Crippen molar-refractivity contribution < 1.29 is 9.21 Å². The van der Waals surface area contributed by atoms with E-state index in [1.165, 1.54) is 12.7 Å². The zero-order chi connectivity index (χ0) is 11.5. The topological polar surface area (TPSA) is 42.2 Å². The molecule has 3 nitrogen and oxygen atoms in total. The molecule has 88 valence electrons. The molecule has 3 atom stereocenters. The highest BCUT2D eigenvalue weighted by Crippen LogP contribution is 2.29. The van der Waals surface area contributed by atoms with Crippen LogP contribution in [-0.4, -0.2) is 11.9 Å². The van der Waals surface area contributed by atoms with Crippen LogP contribution >= 0.6 is 0 Å². The zero-order valence-electron chi connectivity index (χ0n) is 9.90. The van der Waals surface area contributed by atoms with Gasteiger partial charge >= 0.3 is 0 Å². The SMILES string of the molecule is CC1CCC(NC(=O)c2ccco2)CC1C. The Morgan fingerprint density at radius 1 is 1.38 bits per heavy atom. The van der Waals surface area contributed by atoms with Crippen LogP contribution in [0.15, 0.2) is 22.8 Å². The Labute approximate surface area is 96.2 Å². The van der Waals surface area contributed by atoms with Gasteiger partial charge in [0.25, 0.3) is 5.91 Å². The minimum atomic E-state index is -0.0863. The number of nitrogens with one attached hydrogen (secondary N) is 1. The van der Waals surface area contributed by atoms with Gasteiger partial charge in [-0.05, 0) is 43.2 Å². The monoisotopic (exact) mass is 221 g/mol. The van der Waals surface area contributed by atoms with Crippen LogP contribution in [0.1, 0.15) is 43.7 Å². The lowest BCUT2D eigenvalue weighted by molar-refractivity contribution is 0.0882. The summed E-state index contributed by atoms with van der Waals surface area (Å²) in [4.78, 5) is 11.8. The first-order valence-corrected chi connectivity index (χ1v) is 6.01.